The number of nitrogens with zero attached hydrogens (tertiary/aromatic N) is 5. The number of hydrogen-bond donors (Lipinski definition) is 1. The fourth-order valence-electron chi connectivity index (χ4n) is 4.02. The minimum absolute atomic E-state index is 0. The maximum Gasteiger partial charge on any atom is 0.237 e. The number of hydrogen-bond acceptors (Lipinski definition) is 6. The van der Waals surface area contributed by atoms with Crippen LogP contribution in [0.25, 0.3) is 0 Å². The molecule has 158 valence electrons. The first-order valence-corrected chi connectivity index (χ1v) is 9.66. The standard InChI is InChI=1S/C20H26N6O.2ClH/c1-2-20(24-15-19(27)26-9-3-4-17(26)13-22)7-10-25(11-8-20)18-6-5-16(12-21)14-23-18;;/h5-6,14,17,24H,2-4,7-11,15H2,1H3;2*1H. The summed E-state index contributed by atoms with van der Waals surface area (Å²) in [4.78, 5) is 20.9. The maximum atomic E-state index is 12.5. The highest BCUT2D eigenvalue weighted by Gasteiger charge is 2.35. The van der Waals surface area contributed by atoms with Crippen LogP contribution in [0, 0.1) is 22.7 Å². The van der Waals surface area contributed by atoms with Crippen LogP contribution in [0.5, 0.6) is 0 Å². The van der Waals surface area contributed by atoms with Crippen molar-refractivity contribution in [3.63, 3.8) is 0 Å². The van der Waals surface area contributed by atoms with E-state index in [1.54, 1.807) is 17.2 Å². The number of pyridine rings is 1. The van der Waals surface area contributed by atoms with E-state index in [4.69, 9.17) is 5.26 Å². The van der Waals surface area contributed by atoms with Gasteiger partial charge in [0.1, 0.15) is 17.9 Å². The van der Waals surface area contributed by atoms with Crippen LogP contribution < -0.4 is 10.2 Å². The Hall–Kier alpha value is -2.06. The van der Waals surface area contributed by atoms with E-state index in [1.807, 2.05) is 6.07 Å². The van der Waals surface area contributed by atoms with Gasteiger partial charge in [-0.3, -0.25) is 4.79 Å². The van der Waals surface area contributed by atoms with E-state index in [0.717, 1.165) is 51.0 Å². The van der Waals surface area contributed by atoms with Gasteiger partial charge in [-0.05, 0) is 44.2 Å². The number of nitrogens with one attached hydrogen (secondary N) is 1. The van der Waals surface area contributed by atoms with E-state index < -0.39 is 0 Å². The monoisotopic (exact) mass is 438 g/mol. The molecule has 0 bridgehead atoms. The van der Waals surface area contributed by atoms with Crippen LogP contribution in [0.1, 0.15) is 44.6 Å². The third kappa shape index (κ3) is 5.73. The van der Waals surface area contributed by atoms with Gasteiger partial charge < -0.3 is 15.1 Å². The van der Waals surface area contributed by atoms with Gasteiger partial charge in [0.05, 0.1) is 18.2 Å². The Balaban J connectivity index is 0.00000210. The second kappa shape index (κ2) is 11.2. The van der Waals surface area contributed by atoms with Gasteiger partial charge in [0.15, 0.2) is 0 Å². The van der Waals surface area contributed by atoms with Crippen LogP contribution >= 0.6 is 24.8 Å². The number of nitriles is 2. The molecular formula is C20H28Cl2N6O. The van der Waals surface area contributed by atoms with E-state index >= 15 is 0 Å². The summed E-state index contributed by atoms with van der Waals surface area (Å²) in [5.74, 6) is 0.923. The van der Waals surface area contributed by atoms with Gasteiger partial charge in [0.2, 0.25) is 5.91 Å². The second-order valence-electron chi connectivity index (χ2n) is 7.37. The lowest BCUT2D eigenvalue weighted by Crippen LogP contribution is -2.56. The Morgan fingerprint density at radius 2 is 2.00 bits per heavy atom. The predicted molar refractivity (Wildman–Crippen MR) is 116 cm³/mol. The minimum Gasteiger partial charge on any atom is -0.356 e. The van der Waals surface area contributed by atoms with Crippen molar-refractivity contribution in [3.8, 4) is 12.1 Å². The minimum atomic E-state index is -0.263. The molecule has 0 aliphatic carbocycles. The second-order valence-corrected chi connectivity index (χ2v) is 7.37. The van der Waals surface area contributed by atoms with Crippen molar-refractivity contribution in [3.05, 3.63) is 23.9 Å². The third-order valence-electron chi connectivity index (χ3n) is 5.94. The summed E-state index contributed by atoms with van der Waals surface area (Å²) in [6.07, 6.45) is 6.12. The van der Waals surface area contributed by atoms with Crippen molar-refractivity contribution in [2.75, 3.05) is 31.1 Å². The molecular weight excluding hydrogens is 411 g/mol. The zero-order valence-corrected chi connectivity index (χ0v) is 18.3. The molecule has 3 heterocycles. The molecule has 2 saturated heterocycles. The molecule has 2 aliphatic heterocycles. The van der Waals surface area contributed by atoms with Crippen LogP contribution in [-0.2, 0) is 4.79 Å². The number of piperidine rings is 1. The lowest BCUT2D eigenvalue weighted by molar-refractivity contribution is -0.130. The quantitative estimate of drug-likeness (QED) is 0.758. The van der Waals surface area contributed by atoms with E-state index in [2.05, 4.69) is 34.3 Å². The molecule has 1 amide bonds. The number of halogens is 2. The fourth-order valence-corrected chi connectivity index (χ4v) is 4.02. The third-order valence-corrected chi connectivity index (χ3v) is 5.94. The number of amides is 1. The molecule has 1 atom stereocenters. The van der Waals surface area contributed by atoms with Crippen LogP contribution in [0.2, 0.25) is 0 Å². The van der Waals surface area contributed by atoms with E-state index in [1.165, 1.54) is 0 Å². The summed E-state index contributed by atoms with van der Waals surface area (Å²) < 4.78 is 0. The van der Waals surface area contributed by atoms with E-state index in [-0.39, 0.29) is 42.3 Å². The molecule has 1 N–H and O–H groups in total. The zero-order valence-electron chi connectivity index (χ0n) is 16.6. The summed E-state index contributed by atoms with van der Waals surface area (Å²) in [6, 6.07) is 7.75. The van der Waals surface area contributed by atoms with Gasteiger partial charge in [-0.15, -0.1) is 24.8 Å². The van der Waals surface area contributed by atoms with Gasteiger partial charge in [-0.1, -0.05) is 6.92 Å². The summed E-state index contributed by atoms with van der Waals surface area (Å²) in [6.45, 7) is 4.86. The fraction of sp³-hybridized carbons (Fsp3) is 0.600. The molecule has 0 aromatic carbocycles. The van der Waals surface area contributed by atoms with Crippen LogP contribution in [0.3, 0.4) is 0 Å². The predicted octanol–water partition coefficient (Wildman–Crippen LogP) is 2.65. The maximum absolute atomic E-state index is 12.5. The highest BCUT2D eigenvalue weighted by Crippen LogP contribution is 2.28. The van der Waals surface area contributed by atoms with Gasteiger partial charge in [0, 0.05) is 31.4 Å². The van der Waals surface area contributed by atoms with Crippen LogP contribution in [0.4, 0.5) is 5.82 Å². The molecule has 1 aromatic heterocycles. The Kier molecular flexibility index (Phi) is 9.65. The van der Waals surface area contributed by atoms with Crippen LogP contribution in [0.15, 0.2) is 18.3 Å². The number of carbonyl (C=O) groups is 1. The number of likely N-dealkylation sites (tertiary alicyclic amines) is 1. The molecule has 0 radical (unpaired) electrons. The Labute approximate surface area is 184 Å². The van der Waals surface area contributed by atoms with E-state index in [0.29, 0.717) is 18.7 Å². The normalized spacial score (nSPS) is 20.0. The first-order chi connectivity index (χ1) is 13.1. The van der Waals surface area contributed by atoms with Crippen molar-refractivity contribution < 1.29 is 4.79 Å². The summed E-state index contributed by atoms with van der Waals surface area (Å²) in [7, 11) is 0. The SMILES string of the molecule is CCC1(NCC(=O)N2CCCC2C#N)CCN(c2ccc(C#N)cn2)CC1.Cl.Cl. The van der Waals surface area contributed by atoms with Crippen molar-refractivity contribution in [2.45, 2.75) is 50.6 Å². The molecule has 0 saturated carbocycles. The molecule has 29 heavy (non-hydrogen) atoms. The molecule has 2 fully saturated rings. The Morgan fingerprint density at radius 1 is 1.28 bits per heavy atom. The van der Waals surface area contributed by atoms with Crippen molar-refractivity contribution in [1.82, 2.24) is 15.2 Å². The Morgan fingerprint density at radius 3 is 2.55 bits per heavy atom. The van der Waals surface area contributed by atoms with Gasteiger partial charge >= 0.3 is 0 Å². The molecule has 7 nitrogen and oxygen atoms in total. The number of rotatable bonds is 5. The van der Waals surface area contributed by atoms with Gasteiger partial charge in [-0.2, -0.15) is 10.5 Å². The number of aromatic nitrogens is 1. The van der Waals surface area contributed by atoms with Crippen molar-refractivity contribution in [2.24, 2.45) is 0 Å². The van der Waals surface area contributed by atoms with Crippen molar-refractivity contribution in [1.29, 1.82) is 10.5 Å². The zero-order chi connectivity index (χ0) is 19.3. The molecule has 1 unspecified atom stereocenters. The average Bonchev–Trinajstić information content (AvgIpc) is 3.21. The lowest BCUT2D eigenvalue weighted by atomic mass is 9.85. The van der Waals surface area contributed by atoms with Gasteiger partial charge in [-0.25, -0.2) is 4.98 Å². The van der Waals surface area contributed by atoms with Crippen molar-refractivity contribution >= 4 is 36.5 Å². The molecule has 2 aliphatic rings. The highest BCUT2D eigenvalue weighted by molar-refractivity contribution is 5.85. The van der Waals surface area contributed by atoms with E-state index in [9.17, 15) is 10.1 Å². The Bertz CT molecular complexity index is 750. The van der Waals surface area contributed by atoms with Crippen LogP contribution in [-0.4, -0.2) is 53.6 Å². The summed E-state index contributed by atoms with van der Waals surface area (Å²) in [5, 5.41) is 21.6. The molecule has 1 aromatic rings. The average molecular weight is 439 g/mol. The molecule has 3 rings (SSSR count). The van der Waals surface area contributed by atoms with Gasteiger partial charge in [0.25, 0.3) is 0 Å². The molecule has 9 heteroatoms. The highest BCUT2D eigenvalue weighted by atomic mass is 35.5. The lowest BCUT2D eigenvalue weighted by Gasteiger charge is -2.42. The first-order valence-electron chi connectivity index (χ1n) is 9.66. The first kappa shape index (κ1) is 25.0. The topological polar surface area (TPSA) is 96.0 Å². The summed E-state index contributed by atoms with van der Waals surface area (Å²) in [5.41, 5.74) is 0.511. The summed E-state index contributed by atoms with van der Waals surface area (Å²) >= 11 is 0. The smallest absolute Gasteiger partial charge is 0.237 e. The molecule has 0 spiro atoms. The largest absolute Gasteiger partial charge is 0.356 e. The number of carbonyl (C=O) groups excluding carboxylic acids is 1. The number of anilines is 1.